The lowest BCUT2D eigenvalue weighted by Gasteiger charge is -2.40. The standard InChI is InChI=1S/C14H26N2O3/c1-14(2,3)19-13(17)16-8-12(9-16)15-7-11-5-4-6-18-10-11/h11-12,15H,4-10H2,1-3H3. The predicted octanol–water partition coefficient (Wildman–Crippen LogP) is 1.62. The van der Waals surface area contributed by atoms with Crippen molar-refractivity contribution in [3.8, 4) is 0 Å². The van der Waals surface area contributed by atoms with E-state index in [1.807, 2.05) is 20.8 Å². The number of hydrogen-bond acceptors (Lipinski definition) is 4. The van der Waals surface area contributed by atoms with Crippen LogP contribution in [0.1, 0.15) is 33.6 Å². The second-order valence-electron chi connectivity index (χ2n) is 6.57. The van der Waals surface area contributed by atoms with Gasteiger partial charge in [0.2, 0.25) is 0 Å². The molecule has 2 heterocycles. The number of ether oxygens (including phenoxy) is 2. The topological polar surface area (TPSA) is 50.8 Å². The van der Waals surface area contributed by atoms with Crippen molar-refractivity contribution in [1.82, 2.24) is 10.2 Å². The first-order valence-corrected chi connectivity index (χ1v) is 7.23. The Kier molecular flexibility index (Phi) is 4.68. The summed E-state index contributed by atoms with van der Waals surface area (Å²) in [7, 11) is 0. The van der Waals surface area contributed by atoms with Crippen molar-refractivity contribution in [2.45, 2.75) is 45.3 Å². The second kappa shape index (κ2) is 6.09. The van der Waals surface area contributed by atoms with Gasteiger partial charge in [0, 0.05) is 32.3 Å². The van der Waals surface area contributed by atoms with Crippen LogP contribution in [0.5, 0.6) is 0 Å². The second-order valence-corrected chi connectivity index (χ2v) is 6.57. The molecule has 0 aromatic heterocycles. The fraction of sp³-hybridized carbons (Fsp3) is 0.929. The highest BCUT2D eigenvalue weighted by atomic mass is 16.6. The highest BCUT2D eigenvalue weighted by Gasteiger charge is 2.33. The minimum absolute atomic E-state index is 0.202. The first-order valence-electron chi connectivity index (χ1n) is 7.23. The molecule has 0 bridgehead atoms. The van der Waals surface area contributed by atoms with Crippen molar-refractivity contribution < 1.29 is 14.3 Å². The Hall–Kier alpha value is -0.810. The van der Waals surface area contributed by atoms with Gasteiger partial charge in [-0.15, -0.1) is 0 Å². The molecule has 2 saturated heterocycles. The van der Waals surface area contributed by atoms with Gasteiger partial charge < -0.3 is 19.7 Å². The van der Waals surface area contributed by atoms with Crippen LogP contribution < -0.4 is 5.32 Å². The van der Waals surface area contributed by atoms with Crippen molar-refractivity contribution in [2.24, 2.45) is 5.92 Å². The molecule has 1 unspecified atom stereocenters. The molecule has 0 aliphatic carbocycles. The van der Waals surface area contributed by atoms with E-state index in [0.29, 0.717) is 12.0 Å². The van der Waals surface area contributed by atoms with Crippen LogP contribution in [0.25, 0.3) is 0 Å². The van der Waals surface area contributed by atoms with Gasteiger partial charge in [-0.3, -0.25) is 0 Å². The zero-order valence-corrected chi connectivity index (χ0v) is 12.3. The normalized spacial score (nSPS) is 25.0. The molecular weight excluding hydrogens is 244 g/mol. The highest BCUT2D eigenvalue weighted by Crippen LogP contribution is 2.17. The number of likely N-dealkylation sites (tertiary alicyclic amines) is 1. The van der Waals surface area contributed by atoms with Crippen molar-refractivity contribution in [2.75, 3.05) is 32.8 Å². The van der Waals surface area contributed by atoms with Crippen LogP contribution in [0, 0.1) is 5.92 Å². The van der Waals surface area contributed by atoms with E-state index < -0.39 is 5.60 Å². The van der Waals surface area contributed by atoms with E-state index in [4.69, 9.17) is 9.47 Å². The molecule has 5 nitrogen and oxygen atoms in total. The van der Waals surface area contributed by atoms with Crippen LogP contribution in [0.15, 0.2) is 0 Å². The SMILES string of the molecule is CC(C)(C)OC(=O)N1CC(NCC2CCCOC2)C1. The van der Waals surface area contributed by atoms with Crippen molar-refractivity contribution in [1.29, 1.82) is 0 Å². The zero-order chi connectivity index (χ0) is 13.9. The summed E-state index contributed by atoms with van der Waals surface area (Å²) in [6, 6.07) is 0.412. The molecule has 2 rings (SSSR count). The van der Waals surface area contributed by atoms with Gasteiger partial charge in [0.25, 0.3) is 0 Å². The fourth-order valence-electron chi connectivity index (χ4n) is 2.38. The quantitative estimate of drug-likeness (QED) is 0.846. The van der Waals surface area contributed by atoms with Crippen molar-refractivity contribution in [3.05, 3.63) is 0 Å². The van der Waals surface area contributed by atoms with E-state index in [9.17, 15) is 4.79 Å². The van der Waals surface area contributed by atoms with Gasteiger partial charge in [0.15, 0.2) is 0 Å². The number of carbonyl (C=O) groups is 1. The largest absolute Gasteiger partial charge is 0.444 e. The Morgan fingerprint density at radius 2 is 2.16 bits per heavy atom. The van der Waals surface area contributed by atoms with Crippen LogP contribution in [0.2, 0.25) is 0 Å². The molecule has 1 N–H and O–H groups in total. The average Bonchev–Trinajstić information content (AvgIpc) is 2.25. The summed E-state index contributed by atoms with van der Waals surface area (Å²) in [6.07, 6.45) is 2.21. The Morgan fingerprint density at radius 3 is 2.74 bits per heavy atom. The lowest BCUT2D eigenvalue weighted by Crippen LogP contribution is -2.61. The number of carbonyl (C=O) groups excluding carboxylic acids is 1. The van der Waals surface area contributed by atoms with Gasteiger partial charge >= 0.3 is 6.09 Å². The number of nitrogens with zero attached hydrogens (tertiary/aromatic N) is 1. The smallest absolute Gasteiger partial charge is 0.410 e. The summed E-state index contributed by atoms with van der Waals surface area (Å²) in [4.78, 5) is 13.5. The summed E-state index contributed by atoms with van der Waals surface area (Å²) < 4.78 is 10.8. The molecule has 0 aromatic rings. The van der Waals surface area contributed by atoms with Crippen molar-refractivity contribution in [3.63, 3.8) is 0 Å². The van der Waals surface area contributed by atoms with E-state index in [1.165, 1.54) is 12.8 Å². The maximum Gasteiger partial charge on any atom is 0.410 e. The Bertz CT molecular complexity index is 302. The maximum absolute atomic E-state index is 11.7. The van der Waals surface area contributed by atoms with E-state index in [2.05, 4.69) is 5.32 Å². The first kappa shape index (κ1) is 14.6. The third kappa shape index (κ3) is 4.66. The highest BCUT2D eigenvalue weighted by molar-refractivity contribution is 5.69. The molecule has 19 heavy (non-hydrogen) atoms. The molecule has 0 aromatic carbocycles. The molecule has 2 fully saturated rings. The summed E-state index contributed by atoms with van der Waals surface area (Å²) in [5.74, 6) is 0.629. The van der Waals surface area contributed by atoms with E-state index in [1.54, 1.807) is 4.90 Å². The fourth-order valence-corrected chi connectivity index (χ4v) is 2.38. The van der Waals surface area contributed by atoms with E-state index in [-0.39, 0.29) is 6.09 Å². The lowest BCUT2D eigenvalue weighted by atomic mass is 10.0. The van der Waals surface area contributed by atoms with Gasteiger partial charge in [-0.1, -0.05) is 0 Å². The molecule has 110 valence electrons. The van der Waals surface area contributed by atoms with Crippen molar-refractivity contribution >= 4 is 6.09 Å². The van der Waals surface area contributed by atoms with Gasteiger partial charge in [0.1, 0.15) is 5.60 Å². The number of rotatable bonds is 3. The summed E-state index contributed by atoms with van der Waals surface area (Å²) in [6.45, 7) is 9.95. The van der Waals surface area contributed by atoms with Gasteiger partial charge in [0.05, 0.1) is 6.61 Å². The number of amides is 1. The molecule has 2 aliphatic heterocycles. The average molecular weight is 270 g/mol. The number of hydrogen-bond donors (Lipinski definition) is 1. The molecule has 1 atom stereocenters. The third-order valence-electron chi connectivity index (χ3n) is 3.48. The van der Waals surface area contributed by atoms with E-state index >= 15 is 0 Å². The molecule has 0 spiro atoms. The predicted molar refractivity (Wildman–Crippen MR) is 73.1 cm³/mol. The first-order chi connectivity index (χ1) is 8.94. The molecular formula is C14H26N2O3. The number of nitrogens with one attached hydrogen (secondary N) is 1. The van der Waals surface area contributed by atoms with Crippen LogP contribution in [-0.2, 0) is 9.47 Å². The Balaban J connectivity index is 1.59. The van der Waals surface area contributed by atoms with Crippen LogP contribution in [0.3, 0.4) is 0 Å². The zero-order valence-electron chi connectivity index (χ0n) is 12.3. The van der Waals surface area contributed by atoms with Gasteiger partial charge in [-0.05, 0) is 39.5 Å². The molecule has 0 radical (unpaired) electrons. The molecule has 2 aliphatic rings. The molecule has 1 amide bonds. The van der Waals surface area contributed by atoms with Crippen LogP contribution in [-0.4, -0.2) is 55.5 Å². The third-order valence-corrected chi connectivity index (χ3v) is 3.48. The van der Waals surface area contributed by atoms with E-state index in [0.717, 1.165) is 32.8 Å². The van der Waals surface area contributed by atoms with Gasteiger partial charge in [-0.2, -0.15) is 0 Å². The summed E-state index contributed by atoms with van der Waals surface area (Å²) >= 11 is 0. The minimum atomic E-state index is -0.408. The van der Waals surface area contributed by atoms with Gasteiger partial charge in [-0.25, -0.2) is 4.79 Å². The Labute approximate surface area is 115 Å². The Morgan fingerprint density at radius 1 is 1.42 bits per heavy atom. The van der Waals surface area contributed by atoms with Crippen LogP contribution >= 0.6 is 0 Å². The minimum Gasteiger partial charge on any atom is -0.444 e. The monoisotopic (exact) mass is 270 g/mol. The maximum atomic E-state index is 11.7. The summed E-state index contributed by atoms with van der Waals surface area (Å²) in [5.41, 5.74) is -0.408. The molecule has 5 heteroatoms. The summed E-state index contributed by atoms with van der Waals surface area (Å²) in [5, 5.41) is 3.51. The lowest BCUT2D eigenvalue weighted by molar-refractivity contribution is 0.00316. The molecule has 0 saturated carbocycles. The van der Waals surface area contributed by atoms with Crippen LogP contribution in [0.4, 0.5) is 4.79 Å².